The van der Waals surface area contributed by atoms with Gasteiger partial charge in [0, 0.05) is 21.9 Å². The van der Waals surface area contributed by atoms with Crippen molar-refractivity contribution in [3.63, 3.8) is 0 Å². The fourth-order valence-corrected chi connectivity index (χ4v) is 3.91. The molecular formula is C21H17N3O2S2. The highest BCUT2D eigenvalue weighted by atomic mass is 32.1. The maximum absolute atomic E-state index is 12.4. The maximum Gasteiger partial charge on any atom is 0.251 e. The maximum atomic E-state index is 12.4. The van der Waals surface area contributed by atoms with Crippen LogP contribution in [0.2, 0.25) is 0 Å². The third kappa shape index (κ3) is 4.62. The minimum Gasteiger partial charge on any atom is -0.487 e. The van der Waals surface area contributed by atoms with E-state index in [1.165, 1.54) is 11.3 Å². The van der Waals surface area contributed by atoms with Gasteiger partial charge in [-0.25, -0.2) is 9.97 Å². The monoisotopic (exact) mass is 407 g/mol. The number of carbonyl (C=O) groups excluding carboxylic acids is 1. The molecule has 0 saturated carbocycles. The molecule has 4 aromatic rings. The van der Waals surface area contributed by atoms with Crippen LogP contribution in [0.15, 0.2) is 70.9 Å². The van der Waals surface area contributed by atoms with Crippen molar-refractivity contribution >= 4 is 28.6 Å². The average Bonchev–Trinajstić information content (AvgIpc) is 3.44. The smallest absolute Gasteiger partial charge is 0.251 e. The largest absolute Gasteiger partial charge is 0.487 e. The lowest BCUT2D eigenvalue weighted by atomic mass is 10.2. The van der Waals surface area contributed by atoms with Crippen molar-refractivity contribution in [2.45, 2.75) is 13.2 Å². The lowest BCUT2D eigenvalue weighted by molar-refractivity contribution is 0.0950. The van der Waals surface area contributed by atoms with Gasteiger partial charge in [-0.05, 0) is 24.3 Å². The van der Waals surface area contributed by atoms with E-state index in [4.69, 9.17) is 4.74 Å². The topological polar surface area (TPSA) is 64.1 Å². The van der Waals surface area contributed by atoms with E-state index >= 15 is 0 Å². The molecule has 2 aromatic carbocycles. The average molecular weight is 408 g/mol. The molecule has 140 valence electrons. The summed E-state index contributed by atoms with van der Waals surface area (Å²) in [5.41, 5.74) is 5.18. The molecule has 7 heteroatoms. The number of hydrogen-bond donors (Lipinski definition) is 1. The zero-order valence-corrected chi connectivity index (χ0v) is 16.5. The second-order valence-electron chi connectivity index (χ2n) is 5.99. The molecule has 1 N–H and O–H groups in total. The third-order valence-corrected chi connectivity index (χ3v) is 5.56. The van der Waals surface area contributed by atoms with E-state index < -0.39 is 0 Å². The predicted molar refractivity (Wildman–Crippen MR) is 112 cm³/mol. The molecule has 28 heavy (non-hydrogen) atoms. The molecule has 0 aliphatic rings. The zero-order valence-electron chi connectivity index (χ0n) is 14.9. The van der Waals surface area contributed by atoms with Crippen LogP contribution in [0.4, 0.5) is 0 Å². The van der Waals surface area contributed by atoms with Gasteiger partial charge in [-0.15, -0.1) is 22.7 Å². The van der Waals surface area contributed by atoms with Gasteiger partial charge in [0.05, 0.1) is 23.4 Å². The molecule has 0 spiro atoms. The van der Waals surface area contributed by atoms with Crippen molar-refractivity contribution in [1.82, 2.24) is 15.3 Å². The molecule has 5 nitrogen and oxygen atoms in total. The molecule has 0 fully saturated rings. The summed E-state index contributed by atoms with van der Waals surface area (Å²) in [5.74, 6) is 0.567. The quantitative estimate of drug-likeness (QED) is 0.479. The van der Waals surface area contributed by atoms with Crippen LogP contribution in [-0.2, 0) is 13.2 Å². The normalized spacial score (nSPS) is 10.6. The minimum atomic E-state index is -0.139. The van der Waals surface area contributed by atoms with Gasteiger partial charge in [0.15, 0.2) is 0 Å². The molecule has 2 aromatic heterocycles. The fourth-order valence-electron chi connectivity index (χ4n) is 2.54. The Balaban J connectivity index is 1.31. The van der Waals surface area contributed by atoms with Gasteiger partial charge in [0.25, 0.3) is 5.91 Å². The molecule has 0 radical (unpaired) electrons. The summed E-state index contributed by atoms with van der Waals surface area (Å²) in [6.45, 7) is 0.812. The molecule has 0 unspecified atom stereocenters. The number of ether oxygens (including phenoxy) is 1. The van der Waals surface area contributed by atoms with Gasteiger partial charge < -0.3 is 10.1 Å². The summed E-state index contributed by atoms with van der Waals surface area (Å²) >= 11 is 3.11. The van der Waals surface area contributed by atoms with E-state index in [0.717, 1.165) is 22.0 Å². The first-order valence-electron chi connectivity index (χ1n) is 8.66. The summed E-state index contributed by atoms with van der Waals surface area (Å²) in [6, 6.07) is 17.1. The highest BCUT2D eigenvalue weighted by molar-refractivity contribution is 7.13. The van der Waals surface area contributed by atoms with Gasteiger partial charge in [-0.1, -0.05) is 30.3 Å². The Bertz CT molecular complexity index is 1030. The van der Waals surface area contributed by atoms with E-state index in [2.05, 4.69) is 15.3 Å². The van der Waals surface area contributed by atoms with Crippen molar-refractivity contribution in [2.24, 2.45) is 0 Å². The molecule has 2 heterocycles. The molecule has 0 saturated heterocycles. The van der Waals surface area contributed by atoms with Crippen LogP contribution in [0.1, 0.15) is 21.7 Å². The van der Waals surface area contributed by atoms with Crippen LogP contribution in [0.25, 0.3) is 10.6 Å². The lowest BCUT2D eigenvalue weighted by Crippen LogP contribution is -2.22. The summed E-state index contributed by atoms with van der Waals surface area (Å²) in [4.78, 5) is 21.1. The van der Waals surface area contributed by atoms with Crippen LogP contribution in [0.5, 0.6) is 5.75 Å². The van der Waals surface area contributed by atoms with Crippen molar-refractivity contribution in [3.8, 4) is 16.3 Å². The molecular weight excluding hydrogens is 390 g/mol. The van der Waals surface area contributed by atoms with Gasteiger partial charge in [-0.3, -0.25) is 4.79 Å². The Morgan fingerprint density at radius 2 is 1.82 bits per heavy atom. The SMILES string of the molecule is O=C(NCc1csc(-c2ccccc2)n1)c1ccc(OCc2cscn2)cc1. The molecule has 0 bridgehead atoms. The Morgan fingerprint density at radius 3 is 2.57 bits per heavy atom. The summed E-state index contributed by atoms with van der Waals surface area (Å²) < 4.78 is 5.66. The van der Waals surface area contributed by atoms with Gasteiger partial charge in [-0.2, -0.15) is 0 Å². The first kappa shape index (κ1) is 18.3. The van der Waals surface area contributed by atoms with Crippen LogP contribution in [0.3, 0.4) is 0 Å². The standard InChI is InChI=1S/C21H17N3O2S2/c25-20(15-6-8-19(9-7-15)26-11-18-12-27-14-23-18)22-10-17-13-28-21(24-17)16-4-2-1-3-5-16/h1-9,12-14H,10-11H2,(H,22,25). The third-order valence-electron chi connectivity index (χ3n) is 3.99. The molecule has 4 rings (SSSR count). The predicted octanol–water partition coefficient (Wildman–Crippen LogP) is 4.78. The summed E-state index contributed by atoms with van der Waals surface area (Å²) in [7, 11) is 0. The summed E-state index contributed by atoms with van der Waals surface area (Å²) in [6.07, 6.45) is 0. The minimum absolute atomic E-state index is 0.139. The second kappa shape index (κ2) is 8.77. The first-order chi connectivity index (χ1) is 13.8. The highest BCUT2D eigenvalue weighted by Gasteiger charge is 2.09. The van der Waals surface area contributed by atoms with Crippen molar-refractivity contribution in [1.29, 1.82) is 0 Å². The number of carbonyl (C=O) groups is 1. The van der Waals surface area contributed by atoms with Crippen molar-refractivity contribution < 1.29 is 9.53 Å². The molecule has 1 amide bonds. The number of benzene rings is 2. The van der Waals surface area contributed by atoms with Crippen LogP contribution in [0, 0.1) is 0 Å². The number of amides is 1. The lowest BCUT2D eigenvalue weighted by Gasteiger charge is -2.06. The first-order valence-corrected chi connectivity index (χ1v) is 10.5. The van der Waals surface area contributed by atoms with Crippen LogP contribution >= 0.6 is 22.7 Å². The molecule has 0 aliphatic carbocycles. The second-order valence-corrected chi connectivity index (χ2v) is 7.56. The van der Waals surface area contributed by atoms with Crippen LogP contribution in [-0.4, -0.2) is 15.9 Å². The van der Waals surface area contributed by atoms with Gasteiger partial charge >= 0.3 is 0 Å². The Hall–Kier alpha value is -3.03. The van der Waals surface area contributed by atoms with E-state index in [0.29, 0.717) is 24.5 Å². The number of hydrogen-bond acceptors (Lipinski definition) is 6. The van der Waals surface area contributed by atoms with Gasteiger partial charge in [0.1, 0.15) is 17.4 Å². The number of nitrogens with one attached hydrogen (secondary N) is 1. The number of thiazole rings is 2. The Labute approximate surface area is 170 Å². The van der Waals surface area contributed by atoms with Crippen molar-refractivity contribution in [2.75, 3.05) is 0 Å². The zero-order chi connectivity index (χ0) is 19.2. The Morgan fingerprint density at radius 1 is 1.00 bits per heavy atom. The summed E-state index contributed by atoms with van der Waals surface area (Å²) in [5, 5.41) is 7.78. The number of aromatic nitrogens is 2. The van der Waals surface area contributed by atoms with E-state index in [-0.39, 0.29) is 5.91 Å². The van der Waals surface area contributed by atoms with E-state index in [1.54, 1.807) is 41.1 Å². The van der Waals surface area contributed by atoms with E-state index in [9.17, 15) is 4.79 Å². The Kier molecular flexibility index (Phi) is 5.75. The molecule has 0 aliphatic heterocycles. The highest BCUT2D eigenvalue weighted by Crippen LogP contribution is 2.23. The number of rotatable bonds is 7. The number of nitrogens with zero attached hydrogens (tertiary/aromatic N) is 2. The van der Waals surface area contributed by atoms with E-state index in [1.807, 2.05) is 41.1 Å². The van der Waals surface area contributed by atoms with Crippen LogP contribution < -0.4 is 10.1 Å². The van der Waals surface area contributed by atoms with Crippen molar-refractivity contribution in [3.05, 3.63) is 87.8 Å². The fraction of sp³-hybridized carbons (Fsp3) is 0.0952. The molecule has 0 atom stereocenters. The van der Waals surface area contributed by atoms with Gasteiger partial charge in [0.2, 0.25) is 0 Å².